The highest BCUT2D eigenvalue weighted by Crippen LogP contribution is 2.29. The predicted molar refractivity (Wildman–Crippen MR) is 73.7 cm³/mol. The van der Waals surface area contributed by atoms with Gasteiger partial charge in [0.2, 0.25) is 0 Å². The van der Waals surface area contributed by atoms with Crippen molar-refractivity contribution in [2.45, 2.75) is 39.7 Å². The molecule has 100 valence electrons. The van der Waals surface area contributed by atoms with Gasteiger partial charge in [-0.05, 0) is 38.9 Å². The fraction of sp³-hybridized carbons (Fsp3) is 0.533. The van der Waals surface area contributed by atoms with Crippen LogP contribution in [0.15, 0.2) is 24.3 Å². The van der Waals surface area contributed by atoms with Crippen LogP contribution in [0.3, 0.4) is 0 Å². The Balaban J connectivity index is 3.25. The summed E-state index contributed by atoms with van der Waals surface area (Å²) in [5.41, 5.74) is 0.995. The van der Waals surface area contributed by atoms with Crippen molar-refractivity contribution in [3.05, 3.63) is 35.4 Å². The fourth-order valence-corrected chi connectivity index (χ4v) is 2.36. The first-order valence-corrected chi connectivity index (χ1v) is 6.52. The maximum Gasteiger partial charge on any atom is 0.328 e. The number of aliphatic carboxylic acids is 1. The number of hydrogen-bond acceptors (Lipinski definition) is 2. The van der Waals surface area contributed by atoms with E-state index in [9.17, 15) is 9.90 Å². The molecule has 0 saturated heterocycles. The van der Waals surface area contributed by atoms with Gasteiger partial charge in [-0.25, -0.2) is 4.79 Å². The molecule has 0 bridgehead atoms. The van der Waals surface area contributed by atoms with E-state index in [1.807, 2.05) is 43.0 Å². The highest BCUT2D eigenvalue weighted by molar-refractivity contribution is 5.80. The lowest BCUT2D eigenvalue weighted by Gasteiger charge is -2.37. The number of benzene rings is 1. The molecule has 3 heteroatoms. The summed E-state index contributed by atoms with van der Waals surface area (Å²) in [6.45, 7) is 9.37. The van der Waals surface area contributed by atoms with Gasteiger partial charge < -0.3 is 5.11 Å². The zero-order chi connectivity index (χ0) is 13.8. The van der Waals surface area contributed by atoms with E-state index in [1.54, 1.807) is 6.92 Å². The van der Waals surface area contributed by atoms with E-state index in [2.05, 4.69) is 6.92 Å². The van der Waals surface area contributed by atoms with Crippen molar-refractivity contribution in [2.75, 3.05) is 13.1 Å². The molecule has 0 aliphatic carbocycles. The molecule has 1 rings (SSSR count). The highest BCUT2D eigenvalue weighted by atomic mass is 16.4. The Morgan fingerprint density at radius 3 is 2.50 bits per heavy atom. The zero-order valence-electron chi connectivity index (χ0n) is 11.7. The Morgan fingerprint density at radius 2 is 2.06 bits per heavy atom. The average molecular weight is 249 g/mol. The smallest absolute Gasteiger partial charge is 0.328 e. The van der Waals surface area contributed by atoms with Crippen molar-refractivity contribution in [1.82, 2.24) is 4.90 Å². The van der Waals surface area contributed by atoms with Crippen molar-refractivity contribution >= 4 is 5.97 Å². The topological polar surface area (TPSA) is 40.5 Å². The summed E-state index contributed by atoms with van der Waals surface area (Å²) in [6.07, 6.45) is 0.947. The highest BCUT2D eigenvalue weighted by Gasteiger charge is 2.40. The maximum atomic E-state index is 11.8. The Hall–Kier alpha value is -1.35. The van der Waals surface area contributed by atoms with Crippen molar-refractivity contribution in [1.29, 1.82) is 0 Å². The first-order valence-electron chi connectivity index (χ1n) is 6.52. The minimum atomic E-state index is -0.948. The van der Waals surface area contributed by atoms with Crippen molar-refractivity contribution in [3.63, 3.8) is 0 Å². The Morgan fingerprint density at radius 1 is 1.39 bits per heavy atom. The monoisotopic (exact) mass is 249 g/mol. The summed E-state index contributed by atoms with van der Waals surface area (Å²) in [5, 5.41) is 9.66. The van der Waals surface area contributed by atoms with E-state index < -0.39 is 11.5 Å². The van der Waals surface area contributed by atoms with Crippen LogP contribution in [-0.4, -0.2) is 29.1 Å². The van der Waals surface area contributed by atoms with Crippen LogP contribution in [0.2, 0.25) is 0 Å². The lowest BCUT2D eigenvalue weighted by molar-refractivity contribution is -0.151. The second-order valence-electron chi connectivity index (χ2n) is 4.83. The maximum absolute atomic E-state index is 11.8. The number of hydrogen-bond donors (Lipinski definition) is 1. The van der Waals surface area contributed by atoms with Crippen molar-refractivity contribution in [3.8, 4) is 0 Å². The number of carbonyl (C=O) groups is 1. The molecule has 18 heavy (non-hydrogen) atoms. The minimum absolute atomic E-state index is 0.727. The quantitative estimate of drug-likeness (QED) is 0.842. The largest absolute Gasteiger partial charge is 0.480 e. The van der Waals surface area contributed by atoms with Gasteiger partial charge in [0, 0.05) is 0 Å². The minimum Gasteiger partial charge on any atom is -0.480 e. The van der Waals surface area contributed by atoms with Crippen molar-refractivity contribution < 1.29 is 9.90 Å². The summed E-state index contributed by atoms with van der Waals surface area (Å²) in [4.78, 5) is 13.8. The second-order valence-corrected chi connectivity index (χ2v) is 4.83. The number of aryl methyl sites for hydroxylation is 1. The molecule has 0 amide bonds. The third-order valence-corrected chi connectivity index (χ3v) is 3.50. The van der Waals surface area contributed by atoms with E-state index in [4.69, 9.17) is 0 Å². The van der Waals surface area contributed by atoms with E-state index in [-0.39, 0.29) is 0 Å². The van der Waals surface area contributed by atoms with Gasteiger partial charge in [-0.15, -0.1) is 0 Å². The summed E-state index contributed by atoms with van der Waals surface area (Å²) >= 11 is 0. The summed E-state index contributed by atoms with van der Waals surface area (Å²) < 4.78 is 0. The summed E-state index contributed by atoms with van der Waals surface area (Å²) in [6, 6.07) is 7.78. The lowest BCUT2D eigenvalue weighted by Crippen LogP contribution is -2.50. The molecule has 0 saturated carbocycles. The first-order chi connectivity index (χ1) is 8.46. The zero-order valence-corrected chi connectivity index (χ0v) is 11.7. The molecule has 1 aromatic rings. The third-order valence-electron chi connectivity index (χ3n) is 3.50. The van der Waals surface area contributed by atoms with Crippen LogP contribution in [0.1, 0.15) is 38.3 Å². The summed E-state index contributed by atoms with van der Waals surface area (Å²) in [7, 11) is 0. The summed E-state index contributed by atoms with van der Waals surface area (Å²) in [5.74, 6) is -0.789. The van der Waals surface area contributed by atoms with Gasteiger partial charge in [-0.2, -0.15) is 0 Å². The van der Waals surface area contributed by atoms with E-state index in [1.165, 1.54) is 0 Å². The number of likely N-dealkylation sites (N-methyl/N-ethyl adjacent to an activating group) is 1. The SMILES string of the molecule is CCCN(CC)C(C)(C(=O)O)c1cccc(C)c1. The van der Waals surface area contributed by atoms with Gasteiger partial charge in [-0.1, -0.05) is 43.7 Å². The van der Waals surface area contributed by atoms with Gasteiger partial charge in [0.25, 0.3) is 0 Å². The van der Waals surface area contributed by atoms with Crippen LogP contribution in [0.5, 0.6) is 0 Å². The number of nitrogens with zero attached hydrogens (tertiary/aromatic N) is 1. The first kappa shape index (κ1) is 14.7. The van der Waals surface area contributed by atoms with Crippen molar-refractivity contribution in [2.24, 2.45) is 0 Å². The standard InChI is InChI=1S/C15H23NO2/c1-5-10-16(6-2)15(4,14(17)18)13-9-7-8-12(3)11-13/h7-9,11H,5-6,10H2,1-4H3,(H,17,18). The van der Waals surface area contributed by atoms with E-state index in [0.29, 0.717) is 0 Å². The number of rotatable bonds is 6. The van der Waals surface area contributed by atoms with Crippen LogP contribution < -0.4 is 0 Å². The molecular formula is C15H23NO2. The molecular weight excluding hydrogens is 226 g/mol. The Labute approximate surface area is 109 Å². The van der Waals surface area contributed by atoms with Gasteiger partial charge >= 0.3 is 5.97 Å². The van der Waals surface area contributed by atoms with Gasteiger partial charge in [0.1, 0.15) is 5.54 Å². The molecule has 1 unspecified atom stereocenters. The normalized spacial score (nSPS) is 14.5. The van der Waals surface area contributed by atoms with Crippen LogP contribution in [0.4, 0.5) is 0 Å². The van der Waals surface area contributed by atoms with Crippen LogP contribution >= 0.6 is 0 Å². The molecule has 0 fully saturated rings. The van der Waals surface area contributed by atoms with Gasteiger partial charge in [-0.3, -0.25) is 4.90 Å². The number of carboxylic acid groups (broad SMARTS) is 1. The molecule has 0 radical (unpaired) electrons. The molecule has 0 aliphatic heterocycles. The van der Waals surface area contributed by atoms with Gasteiger partial charge in [0.15, 0.2) is 0 Å². The Kier molecular flexibility index (Phi) is 4.91. The molecule has 0 heterocycles. The Bertz CT molecular complexity index is 417. The third kappa shape index (κ3) is 2.72. The van der Waals surface area contributed by atoms with Crippen LogP contribution in [0, 0.1) is 6.92 Å². The molecule has 3 nitrogen and oxygen atoms in total. The van der Waals surface area contributed by atoms with Crippen LogP contribution in [0.25, 0.3) is 0 Å². The molecule has 1 aromatic carbocycles. The molecule has 1 N–H and O–H groups in total. The predicted octanol–water partition coefficient (Wildman–Crippen LogP) is 3.03. The molecule has 1 atom stereocenters. The van der Waals surface area contributed by atoms with Crippen LogP contribution in [-0.2, 0) is 10.3 Å². The molecule has 0 aromatic heterocycles. The number of carboxylic acids is 1. The average Bonchev–Trinajstić information content (AvgIpc) is 2.34. The lowest BCUT2D eigenvalue weighted by atomic mass is 9.88. The van der Waals surface area contributed by atoms with E-state index in [0.717, 1.165) is 30.6 Å². The van der Waals surface area contributed by atoms with Gasteiger partial charge in [0.05, 0.1) is 0 Å². The van der Waals surface area contributed by atoms with E-state index >= 15 is 0 Å². The second kappa shape index (κ2) is 6.01. The molecule has 0 spiro atoms. The fourth-order valence-electron chi connectivity index (χ4n) is 2.36. The molecule has 0 aliphatic rings.